The highest BCUT2D eigenvalue weighted by Crippen LogP contribution is 2.32. The van der Waals surface area contributed by atoms with Gasteiger partial charge in [0.05, 0.1) is 17.7 Å². The van der Waals surface area contributed by atoms with E-state index >= 15 is 0 Å². The molecule has 206 valence electrons. The number of anilines is 1. The normalized spacial score (nSPS) is 14.4. The second-order valence-electron chi connectivity index (χ2n) is 9.67. The zero-order chi connectivity index (χ0) is 27.8. The fraction of sp³-hybridized carbons (Fsp3) is 0.333. The molecule has 0 aliphatic heterocycles. The first kappa shape index (κ1) is 28.2. The van der Waals surface area contributed by atoms with Crippen molar-refractivity contribution >= 4 is 27.5 Å². The number of para-hydroxylation sites is 2. The number of hydrogen-bond donors (Lipinski definition) is 1. The van der Waals surface area contributed by atoms with Crippen LogP contribution in [0.15, 0.2) is 89.8 Å². The monoisotopic (exact) mass is 549 g/mol. The summed E-state index contributed by atoms with van der Waals surface area (Å²) in [7, 11) is -2.70. The fourth-order valence-corrected chi connectivity index (χ4v) is 6.27. The second kappa shape index (κ2) is 12.8. The van der Waals surface area contributed by atoms with Crippen molar-refractivity contribution < 1.29 is 22.7 Å². The predicted molar refractivity (Wildman–Crippen MR) is 151 cm³/mol. The summed E-state index contributed by atoms with van der Waals surface area (Å²) in [6, 6.07) is 23.3. The van der Waals surface area contributed by atoms with Crippen LogP contribution in [0.1, 0.15) is 38.2 Å². The van der Waals surface area contributed by atoms with Gasteiger partial charge in [-0.05, 0) is 49.6 Å². The van der Waals surface area contributed by atoms with Gasteiger partial charge in [-0.1, -0.05) is 73.5 Å². The van der Waals surface area contributed by atoms with E-state index in [9.17, 15) is 18.0 Å². The van der Waals surface area contributed by atoms with Crippen molar-refractivity contribution in [2.24, 2.45) is 0 Å². The summed E-state index contributed by atoms with van der Waals surface area (Å²) in [5.74, 6) is -0.439. The van der Waals surface area contributed by atoms with Gasteiger partial charge in [0.1, 0.15) is 18.3 Å². The number of methoxy groups -OCH3 is 1. The zero-order valence-corrected chi connectivity index (χ0v) is 23.1. The Balaban J connectivity index is 1.69. The number of carbonyl (C=O) groups excluding carboxylic acids is 2. The molecule has 0 spiro atoms. The standard InChI is InChI=1S/C30H35N3O5S/c1-23(30(35)31-25-15-9-10-16-25)32(21-24-13-5-3-6-14-24)29(34)22-33(27-19-11-12-20-28(27)38-2)39(36,37)26-17-7-4-8-18-26/h3-8,11-14,17-20,23,25H,9-10,15-16,21-22H2,1-2H3,(H,31,35). The van der Waals surface area contributed by atoms with Gasteiger partial charge >= 0.3 is 0 Å². The molecule has 1 N–H and O–H groups in total. The summed E-state index contributed by atoms with van der Waals surface area (Å²) >= 11 is 0. The van der Waals surface area contributed by atoms with E-state index in [-0.39, 0.29) is 29.1 Å². The highest BCUT2D eigenvalue weighted by atomic mass is 32.2. The highest BCUT2D eigenvalue weighted by Gasteiger charge is 2.34. The number of sulfonamides is 1. The Hall–Kier alpha value is -3.85. The Morgan fingerprint density at radius 1 is 0.923 bits per heavy atom. The lowest BCUT2D eigenvalue weighted by molar-refractivity contribution is -0.139. The van der Waals surface area contributed by atoms with Gasteiger partial charge in [0.25, 0.3) is 10.0 Å². The minimum atomic E-state index is -4.15. The smallest absolute Gasteiger partial charge is 0.264 e. The first-order valence-corrected chi connectivity index (χ1v) is 14.6. The van der Waals surface area contributed by atoms with Crippen molar-refractivity contribution in [2.75, 3.05) is 18.0 Å². The number of carbonyl (C=O) groups is 2. The van der Waals surface area contributed by atoms with Crippen LogP contribution in [0.25, 0.3) is 0 Å². The minimum absolute atomic E-state index is 0.0466. The first-order chi connectivity index (χ1) is 18.8. The summed E-state index contributed by atoms with van der Waals surface area (Å²) in [4.78, 5) is 28.7. The van der Waals surface area contributed by atoms with Crippen molar-refractivity contribution in [3.8, 4) is 5.75 Å². The lowest BCUT2D eigenvalue weighted by Crippen LogP contribution is -2.52. The maximum absolute atomic E-state index is 14.0. The Morgan fingerprint density at radius 3 is 2.15 bits per heavy atom. The number of hydrogen-bond acceptors (Lipinski definition) is 5. The number of rotatable bonds is 11. The Morgan fingerprint density at radius 2 is 1.51 bits per heavy atom. The third-order valence-corrected chi connectivity index (χ3v) is 8.80. The molecule has 1 saturated carbocycles. The van der Waals surface area contributed by atoms with Gasteiger partial charge in [0.15, 0.2) is 0 Å². The fourth-order valence-electron chi connectivity index (χ4n) is 4.82. The molecule has 1 atom stereocenters. The summed E-state index contributed by atoms with van der Waals surface area (Å²) in [5, 5.41) is 3.07. The molecule has 3 aromatic carbocycles. The first-order valence-electron chi connectivity index (χ1n) is 13.2. The molecule has 1 aliphatic rings. The molecule has 9 heteroatoms. The largest absolute Gasteiger partial charge is 0.495 e. The number of nitrogens with one attached hydrogen (secondary N) is 1. The van der Waals surface area contributed by atoms with Crippen molar-refractivity contribution in [1.82, 2.24) is 10.2 Å². The van der Waals surface area contributed by atoms with Gasteiger partial charge in [-0.25, -0.2) is 8.42 Å². The molecule has 0 aromatic heterocycles. The SMILES string of the molecule is COc1ccccc1N(CC(=O)N(Cc1ccccc1)C(C)C(=O)NC1CCCC1)S(=O)(=O)c1ccccc1. The molecule has 1 fully saturated rings. The van der Waals surface area contributed by atoms with Crippen LogP contribution in [0.2, 0.25) is 0 Å². The van der Waals surface area contributed by atoms with Gasteiger partial charge in [0.2, 0.25) is 11.8 Å². The summed E-state index contributed by atoms with van der Waals surface area (Å²) in [6.45, 7) is 1.33. The van der Waals surface area contributed by atoms with Crippen LogP contribution < -0.4 is 14.4 Å². The Kier molecular flexibility index (Phi) is 9.24. The van der Waals surface area contributed by atoms with Crippen LogP contribution in [-0.4, -0.2) is 50.9 Å². The molecule has 1 unspecified atom stereocenters. The van der Waals surface area contributed by atoms with E-state index in [0.717, 1.165) is 35.6 Å². The molecule has 0 radical (unpaired) electrons. The van der Waals surface area contributed by atoms with Crippen LogP contribution in [0, 0.1) is 0 Å². The van der Waals surface area contributed by atoms with Gasteiger partial charge < -0.3 is 15.0 Å². The summed E-state index contributed by atoms with van der Waals surface area (Å²) < 4.78 is 34.3. The highest BCUT2D eigenvalue weighted by molar-refractivity contribution is 7.92. The minimum Gasteiger partial charge on any atom is -0.495 e. The van der Waals surface area contributed by atoms with Crippen molar-refractivity contribution in [3.05, 3.63) is 90.5 Å². The molecular weight excluding hydrogens is 514 g/mol. The van der Waals surface area contributed by atoms with Crippen molar-refractivity contribution in [2.45, 2.75) is 56.1 Å². The average Bonchev–Trinajstić information content (AvgIpc) is 3.48. The molecule has 2 amide bonds. The molecular formula is C30H35N3O5S. The zero-order valence-electron chi connectivity index (χ0n) is 22.3. The number of amides is 2. The van der Waals surface area contributed by atoms with E-state index in [1.165, 1.54) is 24.1 Å². The number of benzene rings is 3. The Labute approximate surface area is 230 Å². The van der Waals surface area contributed by atoms with Gasteiger partial charge in [-0.3, -0.25) is 13.9 Å². The third kappa shape index (κ3) is 6.78. The van der Waals surface area contributed by atoms with E-state index in [4.69, 9.17) is 4.74 Å². The van der Waals surface area contributed by atoms with Crippen LogP contribution in [0.3, 0.4) is 0 Å². The van der Waals surface area contributed by atoms with Crippen LogP contribution in [0.5, 0.6) is 5.75 Å². The van der Waals surface area contributed by atoms with E-state index in [1.807, 2.05) is 30.3 Å². The molecule has 0 heterocycles. The van der Waals surface area contributed by atoms with E-state index in [0.29, 0.717) is 5.75 Å². The predicted octanol–water partition coefficient (Wildman–Crippen LogP) is 4.37. The van der Waals surface area contributed by atoms with Crippen molar-refractivity contribution in [1.29, 1.82) is 0 Å². The van der Waals surface area contributed by atoms with Crippen LogP contribution in [-0.2, 0) is 26.2 Å². The van der Waals surface area contributed by atoms with Crippen molar-refractivity contribution in [3.63, 3.8) is 0 Å². The molecule has 4 rings (SSSR count). The number of nitrogens with zero attached hydrogens (tertiary/aromatic N) is 2. The van der Waals surface area contributed by atoms with E-state index < -0.39 is 28.5 Å². The molecule has 0 saturated heterocycles. The maximum atomic E-state index is 14.0. The Bertz CT molecular complexity index is 1360. The third-order valence-electron chi connectivity index (χ3n) is 7.03. The lowest BCUT2D eigenvalue weighted by atomic mass is 10.1. The summed E-state index contributed by atoms with van der Waals surface area (Å²) in [6.07, 6.45) is 3.97. The average molecular weight is 550 g/mol. The lowest BCUT2D eigenvalue weighted by Gasteiger charge is -2.32. The van der Waals surface area contributed by atoms with Gasteiger partial charge in [-0.2, -0.15) is 0 Å². The second-order valence-corrected chi connectivity index (χ2v) is 11.5. The number of ether oxygens (including phenoxy) is 1. The molecule has 8 nitrogen and oxygen atoms in total. The molecule has 39 heavy (non-hydrogen) atoms. The van der Waals surface area contributed by atoms with Crippen LogP contribution in [0.4, 0.5) is 5.69 Å². The van der Waals surface area contributed by atoms with E-state index in [1.54, 1.807) is 49.4 Å². The van der Waals surface area contributed by atoms with E-state index in [2.05, 4.69) is 5.32 Å². The maximum Gasteiger partial charge on any atom is 0.264 e. The van der Waals surface area contributed by atoms with Gasteiger partial charge in [0, 0.05) is 12.6 Å². The van der Waals surface area contributed by atoms with Crippen LogP contribution >= 0.6 is 0 Å². The summed E-state index contributed by atoms with van der Waals surface area (Å²) in [5.41, 5.74) is 1.07. The topological polar surface area (TPSA) is 96.0 Å². The molecule has 1 aliphatic carbocycles. The van der Waals surface area contributed by atoms with Gasteiger partial charge in [-0.15, -0.1) is 0 Å². The molecule has 3 aromatic rings. The molecule has 0 bridgehead atoms. The quantitative estimate of drug-likeness (QED) is 0.383.